The van der Waals surface area contributed by atoms with Crippen molar-refractivity contribution < 1.29 is 14.7 Å². The molecule has 0 spiro atoms. The van der Waals surface area contributed by atoms with E-state index >= 15 is 0 Å². The number of hydrogen-bond acceptors (Lipinski definition) is 3. The van der Waals surface area contributed by atoms with Crippen LogP contribution in [0.5, 0.6) is 0 Å². The number of primary amides is 1. The topological polar surface area (TPSA) is 92.4 Å². The molecule has 5 nitrogen and oxygen atoms in total. The van der Waals surface area contributed by atoms with Crippen LogP contribution in [-0.2, 0) is 4.79 Å². The Kier molecular flexibility index (Phi) is 5.78. The summed E-state index contributed by atoms with van der Waals surface area (Å²) in [4.78, 5) is 22.5. The zero-order valence-corrected chi connectivity index (χ0v) is 14.0. The van der Waals surface area contributed by atoms with Gasteiger partial charge in [0.25, 0.3) is 5.91 Å². The number of carbonyl (C=O) groups excluding carboxylic acids is 1. The van der Waals surface area contributed by atoms with Crippen molar-refractivity contribution in [1.29, 1.82) is 0 Å². The zero-order chi connectivity index (χ0) is 16.2. The molecule has 0 bridgehead atoms. The van der Waals surface area contributed by atoms with Crippen molar-refractivity contribution in [2.24, 2.45) is 11.1 Å². The van der Waals surface area contributed by atoms with E-state index in [0.29, 0.717) is 17.7 Å². The quantitative estimate of drug-likeness (QED) is 0.729. The number of aliphatic carboxylic acids is 1. The van der Waals surface area contributed by atoms with Gasteiger partial charge >= 0.3 is 5.97 Å². The molecule has 4 N–H and O–H groups in total. The maximum Gasteiger partial charge on any atom is 0.305 e. The average molecular weight is 357 g/mol. The second-order valence-corrected chi connectivity index (χ2v) is 7.17. The summed E-state index contributed by atoms with van der Waals surface area (Å²) in [6.45, 7) is 6.12. The first-order valence-electron chi connectivity index (χ1n) is 6.66. The third-order valence-electron chi connectivity index (χ3n) is 2.89. The fourth-order valence-electron chi connectivity index (χ4n) is 2.19. The first-order chi connectivity index (χ1) is 9.58. The van der Waals surface area contributed by atoms with Crippen LogP contribution in [0.15, 0.2) is 22.7 Å². The van der Waals surface area contributed by atoms with Gasteiger partial charge in [-0.25, -0.2) is 0 Å². The summed E-state index contributed by atoms with van der Waals surface area (Å²) in [6.07, 6.45) is 0.631. The number of carboxylic acid groups (broad SMARTS) is 1. The number of nitrogens with two attached hydrogens (primary N) is 1. The molecule has 1 aromatic rings. The van der Waals surface area contributed by atoms with E-state index in [9.17, 15) is 9.59 Å². The Balaban J connectivity index is 3.04. The molecular formula is C15H21BrN2O3. The molecule has 1 amide bonds. The lowest BCUT2D eigenvalue weighted by molar-refractivity contribution is -0.137. The Hall–Kier alpha value is -1.56. The standard InChI is InChI=1S/C15H21BrN2O3/c1-15(2,3)8-10(7-13(19)20)18-12-6-9(16)4-5-11(12)14(17)21/h4-6,10,18H,7-8H2,1-3H3,(H2,17,21)(H,19,20). The number of carbonyl (C=O) groups is 2. The number of benzene rings is 1. The predicted molar refractivity (Wildman–Crippen MR) is 86.4 cm³/mol. The highest BCUT2D eigenvalue weighted by molar-refractivity contribution is 9.10. The van der Waals surface area contributed by atoms with E-state index in [2.05, 4.69) is 21.2 Å². The van der Waals surface area contributed by atoms with E-state index in [1.165, 1.54) is 0 Å². The molecule has 0 aliphatic heterocycles. The summed E-state index contributed by atoms with van der Waals surface area (Å²) in [7, 11) is 0. The first-order valence-corrected chi connectivity index (χ1v) is 7.45. The van der Waals surface area contributed by atoms with E-state index in [1.807, 2.05) is 20.8 Å². The fraction of sp³-hybridized carbons (Fsp3) is 0.467. The minimum Gasteiger partial charge on any atom is -0.481 e. The van der Waals surface area contributed by atoms with Gasteiger partial charge in [0.15, 0.2) is 0 Å². The Labute approximate surface area is 133 Å². The Morgan fingerprint density at radius 1 is 1.38 bits per heavy atom. The van der Waals surface area contributed by atoms with E-state index in [0.717, 1.165) is 4.47 Å². The normalized spacial score (nSPS) is 12.8. The second-order valence-electron chi connectivity index (χ2n) is 6.26. The number of rotatable bonds is 6. The lowest BCUT2D eigenvalue weighted by atomic mass is 9.87. The number of halogens is 1. The Morgan fingerprint density at radius 2 is 2.00 bits per heavy atom. The number of carboxylic acids is 1. The molecule has 0 saturated heterocycles. The molecule has 6 heteroatoms. The van der Waals surface area contributed by atoms with Crippen molar-refractivity contribution >= 4 is 33.5 Å². The van der Waals surface area contributed by atoms with Crippen LogP contribution < -0.4 is 11.1 Å². The second kappa shape index (κ2) is 6.93. The maximum absolute atomic E-state index is 11.5. The van der Waals surface area contributed by atoms with Gasteiger partial charge in [0, 0.05) is 16.2 Å². The maximum atomic E-state index is 11.5. The van der Waals surface area contributed by atoms with Crippen molar-refractivity contribution in [1.82, 2.24) is 0 Å². The monoisotopic (exact) mass is 356 g/mol. The van der Waals surface area contributed by atoms with Crippen LogP contribution in [0.2, 0.25) is 0 Å². The third kappa shape index (κ3) is 6.16. The lowest BCUT2D eigenvalue weighted by Crippen LogP contribution is -2.29. The van der Waals surface area contributed by atoms with Gasteiger partial charge in [0.1, 0.15) is 0 Å². The molecule has 0 saturated carbocycles. The largest absolute Gasteiger partial charge is 0.481 e. The van der Waals surface area contributed by atoms with Gasteiger partial charge in [-0.05, 0) is 30.0 Å². The predicted octanol–water partition coefficient (Wildman–Crippen LogP) is 3.24. The highest BCUT2D eigenvalue weighted by Crippen LogP contribution is 2.27. The van der Waals surface area contributed by atoms with Gasteiger partial charge < -0.3 is 16.2 Å². The molecule has 0 aliphatic rings. The molecule has 21 heavy (non-hydrogen) atoms. The van der Waals surface area contributed by atoms with Crippen LogP contribution in [-0.4, -0.2) is 23.0 Å². The van der Waals surface area contributed by atoms with Gasteiger partial charge in [-0.1, -0.05) is 36.7 Å². The fourth-order valence-corrected chi connectivity index (χ4v) is 2.56. The zero-order valence-electron chi connectivity index (χ0n) is 12.4. The van der Waals surface area contributed by atoms with Crippen LogP contribution in [0.3, 0.4) is 0 Å². The number of hydrogen-bond donors (Lipinski definition) is 3. The molecule has 0 heterocycles. The van der Waals surface area contributed by atoms with Gasteiger partial charge in [0.05, 0.1) is 12.0 Å². The van der Waals surface area contributed by atoms with E-state index in [4.69, 9.17) is 10.8 Å². The molecule has 116 valence electrons. The van der Waals surface area contributed by atoms with Crippen LogP contribution in [0.1, 0.15) is 44.0 Å². The summed E-state index contributed by atoms with van der Waals surface area (Å²) in [5.74, 6) is -1.43. The van der Waals surface area contributed by atoms with Gasteiger partial charge in [0.2, 0.25) is 0 Å². The van der Waals surface area contributed by atoms with Crippen LogP contribution in [0.4, 0.5) is 5.69 Å². The molecule has 0 aromatic heterocycles. The number of nitrogens with one attached hydrogen (secondary N) is 1. The summed E-state index contributed by atoms with van der Waals surface area (Å²) in [5, 5.41) is 12.2. The summed E-state index contributed by atoms with van der Waals surface area (Å²) < 4.78 is 0.792. The molecule has 0 aliphatic carbocycles. The summed E-state index contributed by atoms with van der Waals surface area (Å²) >= 11 is 3.34. The molecule has 0 fully saturated rings. The highest BCUT2D eigenvalue weighted by atomic mass is 79.9. The minimum atomic E-state index is -0.882. The van der Waals surface area contributed by atoms with E-state index in [-0.39, 0.29) is 17.9 Å². The molecule has 1 rings (SSSR count). The highest BCUT2D eigenvalue weighted by Gasteiger charge is 2.22. The lowest BCUT2D eigenvalue weighted by Gasteiger charge is -2.27. The summed E-state index contributed by atoms with van der Waals surface area (Å²) in [5.41, 5.74) is 6.22. The van der Waals surface area contributed by atoms with Crippen LogP contribution >= 0.6 is 15.9 Å². The molecule has 1 aromatic carbocycles. The van der Waals surface area contributed by atoms with Crippen molar-refractivity contribution in [2.75, 3.05) is 5.32 Å². The third-order valence-corrected chi connectivity index (χ3v) is 3.38. The Bertz CT molecular complexity index is 538. The average Bonchev–Trinajstić information content (AvgIpc) is 2.24. The van der Waals surface area contributed by atoms with Crippen molar-refractivity contribution in [3.8, 4) is 0 Å². The summed E-state index contributed by atoms with van der Waals surface area (Å²) in [6, 6.07) is 4.79. The van der Waals surface area contributed by atoms with Gasteiger partial charge in [-0.15, -0.1) is 0 Å². The van der Waals surface area contributed by atoms with Crippen molar-refractivity contribution in [3.05, 3.63) is 28.2 Å². The van der Waals surface area contributed by atoms with Crippen molar-refractivity contribution in [3.63, 3.8) is 0 Å². The molecule has 1 atom stereocenters. The molecular weight excluding hydrogens is 336 g/mol. The van der Waals surface area contributed by atoms with Crippen LogP contribution in [0.25, 0.3) is 0 Å². The Morgan fingerprint density at radius 3 is 2.48 bits per heavy atom. The van der Waals surface area contributed by atoms with E-state index < -0.39 is 11.9 Å². The van der Waals surface area contributed by atoms with Gasteiger partial charge in [-0.2, -0.15) is 0 Å². The number of anilines is 1. The van der Waals surface area contributed by atoms with Gasteiger partial charge in [-0.3, -0.25) is 9.59 Å². The first kappa shape index (κ1) is 17.5. The minimum absolute atomic E-state index is 0.0258. The molecule has 0 radical (unpaired) electrons. The van der Waals surface area contributed by atoms with Crippen molar-refractivity contribution in [2.45, 2.75) is 39.7 Å². The smallest absolute Gasteiger partial charge is 0.305 e. The molecule has 1 unspecified atom stereocenters. The number of amides is 1. The van der Waals surface area contributed by atoms with E-state index in [1.54, 1.807) is 18.2 Å². The van der Waals surface area contributed by atoms with Crippen LogP contribution in [0, 0.1) is 5.41 Å². The SMILES string of the molecule is CC(C)(C)CC(CC(=O)O)Nc1cc(Br)ccc1C(N)=O.